The Morgan fingerprint density at radius 1 is 1.17 bits per heavy atom. The molecule has 0 radical (unpaired) electrons. The van der Waals surface area contributed by atoms with E-state index in [-0.39, 0.29) is 24.1 Å². The largest absolute Gasteiger partial charge is 0.496 e. The predicted octanol–water partition coefficient (Wildman–Crippen LogP) is 4.95. The molecular formula is C24H22FN3O2. The summed E-state index contributed by atoms with van der Waals surface area (Å²) in [6, 6.07) is 17.4. The van der Waals surface area contributed by atoms with Crippen molar-refractivity contribution >= 4 is 17.2 Å². The quantitative estimate of drug-likeness (QED) is 0.496. The number of ether oxygens (including phenoxy) is 1. The van der Waals surface area contributed by atoms with E-state index in [0.717, 1.165) is 22.5 Å². The highest BCUT2D eigenvalue weighted by molar-refractivity contribution is 5.91. The van der Waals surface area contributed by atoms with Crippen LogP contribution in [0.15, 0.2) is 73.1 Å². The van der Waals surface area contributed by atoms with E-state index >= 15 is 0 Å². The van der Waals surface area contributed by atoms with Gasteiger partial charge in [-0.15, -0.1) is 0 Å². The molecule has 0 fully saturated rings. The van der Waals surface area contributed by atoms with Gasteiger partial charge in [0, 0.05) is 36.0 Å². The van der Waals surface area contributed by atoms with Crippen molar-refractivity contribution in [3.63, 3.8) is 0 Å². The number of nitrogens with zero attached hydrogens (tertiary/aromatic N) is 2. The van der Waals surface area contributed by atoms with Crippen molar-refractivity contribution in [3.05, 3.63) is 95.7 Å². The molecule has 2 heterocycles. The number of methoxy groups -OCH3 is 1. The molecule has 1 N–H and O–H groups in total. The van der Waals surface area contributed by atoms with Crippen LogP contribution in [0.3, 0.4) is 0 Å². The molecule has 1 unspecified atom stereocenters. The van der Waals surface area contributed by atoms with Crippen molar-refractivity contribution in [1.82, 2.24) is 9.38 Å². The molecule has 30 heavy (non-hydrogen) atoms. The smallest absolute Gasteiger partial charge is 0.225 e. The van der Waals surface area contributed by atoms with Gasteiger partial charge >= 0.3 is 0 Å². The van der Waals surface area contributed by atoms with Gasteiger partial charge in [-0.2, -0.15) is 0 Å². The Bertz CT molecular complexity index is 1180. The van der Waals surface area contributed by atoms with Crippen molar-refractivity contribution < 1.29 is 13.9 Å². The van der Waals surface area contributed by atoms with E-state index in [1.165, 1.54) is 12.1 Å². The average Bonchev–Trinajstić information content (AvgIpc) is 3.16. The normalized spacial score (nSPS) is 12.0. The summed E-state index contributed by atoms with van der Waals surface area (Å²) in [6.45, 7) is 2.02. The number of anilines is 1. The summed E-state index contributed by atoms with van der Waals surface area (Å²) >= 11 is 0. The SMILES string of the molecule is COc1ccccc1C(CC(=O)Nc1ccc(F)cc1)c1cnc2cc(C)ccn12. The maximum absolute atomic E-state index is 13.2. The monoisotopic (exact) mass is 403 g/mol. The van der Waals surface area contributed by atoms with Crippen LogP contribution in [0.5, 0.6) is 5.75 Å². The third kappa shape index (κ3) is 4.03. The summed E-state index contributed by atoms with van der Waals surface area (Å²) in [5.41, 5.74) is 4.28. The average molecular weight is 403 g/mol. The lowest BCUT2D eigenvalue weighted by molar-refractivity contribution is -0.116. The van der Waals surface area contributed by atoms with Gasteiger partial charge < -0.3 is 14.5 Å². The fourth-order valence-electron chi connectivity index (χ4n) is 3.62. The summed E-state index contributed by atoms with van der Waals surface area (Å²) < 4.78 is 20.7. The van der Waals surface area contributed by atoms with E-state index in [4.69, 9.17) is 4.74 Å². The Balaban J connectivity index is 1.71. The van der Waals surface area contributed by atoms with Crippen LogP contribution < -0.4 is 10.1 Å². The van der Waals surface area contributed by atoms with Crippen molar-refractivity contribution in [2.75, 3.05) is 12.4 Å². The van der Waals surface area contributed by atoms with Crippen LogP contribution in [0, 0.1) is 12.7 Å². The van der Waals surface area contributed by atoms with E-state index < -0.39 is 0 Å². The first-order chi connectivity index (χ1) is 14.5. The number of para-hydroxylation sites is 1. The van der Waals surface area contributed by atoms with Crippen molar-refractivity contribution in [2.24, 2.45) is 0 Å². The summed E-state index contributed by atoms with van der Waals surface area (Å²) in [5.74, 6) is -0.0982. The van der Waals surface area contributed by atoms with Crippen LogP contribution in [-0.2, 0) is 4.79 Å². The number of hydrogen-bond donors (Lipinski definition) is 1. The molecule has 4 aromatic rings. The fraction of sp³-hybridized carbons (Fsp3) is 0.167. The molecule has 0 saturated carbocycles. The Labute approximate surface area is 174 Å². The van der Waals surface area contributed by atoms with Gasteiger partial charge in [-0.05, 0) is 55.0 Å². The number of benzene rings is 2. The van der Waals surface area contributed by atoms with Crippen molar-refractivity contribution in [1.29, 1.82) is 0 Å². The number of pyridine rings is 1. The molecule has 4 rings (SSSR count). The molecule has 5 nitrogen and oxygen atoms in total. The van der Waals surface area contributed by atoms with Gasteiger partial charge in [0.05, 0.1) is 12.8 Å². The molecule has 2 aromatic heterocycles. The number of nitrogens with one attached hydrogen (secondary N) is 1. The Morgan fingerprint density at radius 2 is 1.93 bits per heavy atom. The standard InChI is InChI=1S/C24H22FN3O2/c1-16-11-12-28-21(15-26-23(28)13-16)20(19-5-3-4-6-22(19)30-2)14-24(29)27-18-9-7-17(25)8-10-18/h3-13,15,20H,14H2,1-2H3,(H,27,29). The number of carbonyl (C=O) groups excluding carboxylic acids is 1. The maximum atomic E-state index is 13.2. The van der Waals surface area contributed by atoms with Gasteiger partial charge in [-0.25, -0.2) is 9.37 Å². The van der Waals surface area contributed by atoms with E-state index in [1.54, 1.807) is 25.4 Å². The van der Waals surface area contributed by atoms with E-state index in [2.05, 4.69) is 10.3 Å². The van der Waals surface area contributed by atoms with Gasteiger partial charge in [0.2, 0.25) is 5.91 Å². The van der Waals surface area contributed by atoms with Gasteiger partial charge in [0.1, 0.15) is 17.2 Å². The highest BCUT2D eigenvalue weighted by atomic mass is 19.1. The first-order valence-electron chi connectivity index (χ1n) is 9.67. The molecule has 0 aliphatic rings. The summed E-state index contributed by atoms with van der Waals surface area (Å²) in [5, 5.41) is 2.85. The van der Waals surface area contributed by atoms with Crippen LogP contribution in [0.1, 0.15) is 29.2 Å². The topological polar surface area (TPSA) is 55.6 Å². The molecule has 1 amide bonds. The molecule has 1 atom stereocenters. The highest BCUT2D eigenvalue weighted by Crippen LogP contribution is 2.35. The Kier molecular flexibility index (Phi) is 5.48. The van der Waals surface area contributed by atoms with Crippen LogP contribution >= 0.6 is 0 Å². The van der Waals surface area contributed by atoms with E-state index in [0.29, 0.717) is 11.4 Å². The number of aryl methyl sites for hydroxylation is 1. The number of halogens is 1. The van der Waals surface area contributed by atoms with Gasteiger partial charge in [0.15, 0.2) is 0 Å². The van der Waals surface area contributed by atoms with Crippen molar-refractivity contribution in [2.45, 2.75) is 19.3 Å². The lowest BCUT2D eigenvalue weighted by Crippen LogP contribution is -2.18. The first-order valence-corrected chi connectivity index (χ1v) is 9.67. The first kappa shape index (κ1) is 19.6. The third-order valence-electron chi connectivity index (χ3n) is 5.09. The number of rotatable bonds is 6. The number of fused-ring (bicyclic) bond motifs is 1. The zero-order valence-electron chi connectivity index (χ0n) is 16.8. The van der Waals surface area contributed by atoms with Crippen molar-refractivity contribution in [3.8, 4) is 5.75 Å². The van der Waals surface area contributed by atoms with Gasteiger partial charge in [-0.1, -0.05) is 18.2 Å². The number of aromatic nitrogens is 2. The van der Waals surface area contributed by atoms with Crippen LogP contribution in [0.2, 0.25) is 0 Å². The number of amides is 1. The molecule has 0 aliphatic carbocycles. The molecule has 6 heteroatoms. The predicted molar refractivity (Wildman–Crippen MR) is 114 cm³/mol. The second-order valence-corrected chi connectivity index (χ2v) is 7.17. The zero-order chi connectivity index (χ0) is 21.1. The maximum Gasteiger partial charge on any atom is 0.225 e. The van der Waals surface area contributed by atoms with Crippen LogP contribution in [0.4, 0.5) is 10.1 Å². The Morgan fingerprint density at radius 3 is 2.70 bits per heavy atom. The molecule has 0 bridgehead atoms. The molecule has 0 saturated heterocycles. The lowest BCUT2D eigenvalue weighted by atomic mass is 9.91. The zero-order valence-corrected chi connectivity index (χ0v) is 16.8. The minimum absolute atomic E-state index is 0.180. The van der Waals surface area contributed by atoms with E-state index in [9.17, 15) is 9.18 Å². The fourth-order valence-corrected chi connectivity index (χ4v) is 3.62. The summed E-state index contributed by atoms with van der Waals surface area (Å²) in [6.07, 6.45) is 3.95. The lowest BCUT2D eigenvalue weighted by Gasteiger charge is -2.20. The van der Waals surface area contributed by atoms with Crippen LogP contribution in [0.25, 0.3) is 5.65 Å². The van der Waals surface area contributed by atoms with Gasteiger partial charge in [-0.3, -0.25) is 4.79 Å². The summed E-state index contributed by atoms with van der Waals surface area (Å²) in [4.78, 5) is 17.4. The minimum Gasteiger partial charge on any atom is -0.496 e. The minimum atomic E-state index is -0.346. The summed E-state index contributed by atoms with van der Waals surface area (Å²) in [7, 11) is 1.62. The van der Waals surface area contributed by atoms with E-state index in [1.807, 2.05) is 53.9 Å². The Hall–Kier alpha value is -3.67. The highest BCUT2D eigenvalue weighted by Gasteiger charge is 2.24. The molecular weight excluding hydrogens is 381 g/mol. The molecule has 0 spiro atoms. The molecule has 2 aromatic carbocycles. The second-order valence-electron chi connectivity index (χ2n) is 7.17. The second kappa shape index (κ2) is 8.37. The van der Waals surface area contributed by atoms with Crippen LogP contribution in [-0.4, -0.2) is 22.4 Å². The molecule has 0 aliphatic heterocycles. The van der Waals surface area contributed by atoms with Gasteiger partial charge in [0.25, 0.3) is 0 Å². The third-order valence-corrected chi connectivity index (χ3v) is 5.09. The molecule has 152 valence electrons. The number of hydrogen-bond acceptors (Lipinski definition) is 3. The number of imidazole rings is 1. The number of carbonyl (C=O) groups is 1.